The number of methoxy groups -OCH3 is 1. The summed E-state index contributed by atoms with van der Waals surface area (Å²) in [4.78, 5) is 19.4. The third-order valence-electron chi connectivity index (χ3n) is 3.36. The Kier molecular flexibility index (Phi) is 4.50. The third kappa shape index (κ3) is 3.42. The fourth-order valence-corrected chi connectivity index (χ4v) is 2.36. The summed E-state index contributed by atoms with van der Waals surface area (Å²) >= 11 is 0. The van der Waals surface area contributed by atoms with Gasteiger partial charge in [0.25, 0.3) is 0 Å². The van der Waals surface area contributed by atoms with E-state index in [9.17, 15) is 4.79 Å². The molecule has 0 radical (unpaired) electrons. The lowest BCUT2D eigenvalue weighted by Gasteiger charge is -2.10. The van der Waals surface area contributed by atoms with Crippen LogP contribution >= 0.6 is 0 Å². The van der Waals surface area contributed by atoms with Crippen LogP contribution in [0.4, 0.5) is 5.82 Å². The van der Waals surface area contributed by atoms with Crippen LogP contribution in [0.15, 0.2) is 12.4 Å². The van der Waals surface area contributed by atoms with Crippen molar-refractivity contribution in [3.8, 4) is 0 Å². The van der Waals surface area contributed by atoms with E-state index in [0.717, 1.165) is 18.9 Å². The van der Waals surface area contributed by atoms with E-state index in [1.807, 2.05) is 0 Å². The molecule has 0 atom stereocenters. The quantitative estimate of drug-likeness (QED) is 0.811. The van der Waals surface area contributed by atoms with Crippen molar-refractivity contribution >= 4 is 11.8 Å². The van der Waals surface area contributed by atoms with Gasteiger partial charge < -0.3 is 10.1 Å². The van der Waals surface area contributed by atoms with Crippen LogP contribution in [-0.2, 0) is 4.74 Å². The van der Waals surface area contributed by atoms with E-state index in [2.05, 4.69) is 20.0 Å². The average molecular weight is 249 g/mol. The van der Waals surface area contributed by atoms with Crippen LogP contribution in [0, 0.1) is 5.92 Å². The summed E-state index contributed by atoms with van der Waals surface area (Å²) in [5.41, 5.74) is 0.239. The SMILES string of the molecule is COC(=O)c1cncc(NCCC2CCCC2)n1. The summed E-state index contributed by atoms with van der Waals surface area (Å²) in [6, 6.07) is 0. The molecular weight excluding hydrogens is 230 g/mol. The van der Waals surface area contributed by atoms with Gasteiger partial charge in [-0.2, -0.15) is 0 Å². The van der Waals surface area contributed by atoms with E-state index in [-0.39, 0.29) is 5.69 Å². The largest absolute Gasteiger partial charge is 0.464 e. The van der Waals surface area contributed by atoms with Gasteiger partial charge in [0.15, 0.2) is 5.69 Å². The zero-order valence-electron chi connectivity index (χ0n) is 10.7. The van der Waals surface area contributed by atoms with Crippen LogP contribution in [0.5, 0.6) is 0 Å². The van der Waals surface area contributed by atoms with Crippen LogP contribution < -0.4 is 5.32 Å². The van der Waals surface area contributed by atoms with E-state index < -0.39 is 5.97 Å². The molecule has 1 aliphatic carbocycles. The monoisotopic (exact) mass is 249 g/mol. The predicted molar refractivity (Wildman–Crippen MR) is 68.4 cm³/mol. The fraction of sp³-hybridized carbons (Fsp3) is 0.615. The zero-order chi connectivity index (χ0) is 12.8. The Morgan fingerprint density at radius 1 is 1.44 bits per heavy atom. The van der Waals surface area contributed by atoms with Crippen LogP contribution in [-0.4, -0.2) is 29.6 Å². The second-order valence-corrected chi connectivity index (χ2v) is 4.65. The molecule has 0 spiro atoms. The predicted octanol–water partition coefficient (Wildman–Crippen LogP) is 2.26. The maximum Gasteiger partial charge on any atom is 0.358 e. The number of hydrogen-bond acceptors (Lipinski definition) is 5. The normalized spacial score (nSPS) is 15.6. The second kappa shape index (κ2) is 6.33. The molecule has 1 aromatic rings. The van der Waals surface area contributed by atoms with E-state index in [4.69, 9.17) is 0 Å². The molecule has 1 heterocycles. The van der Waals surface area contributed by atoms with Crippen molar-refractivity contribution in [2.75, 3.05) is 19.0 Å². The molecule has 1 fully saturated rings. The Morgan fingerprint density at radius 2 is 2.22 bits per heavy atom. The summed E-state index contributed by atoms with van der Waals surface area (Å²) in [6.07, 6.45) is 9.61. The minimum atomic E-state index is -0.457. The molecular formula is C13H19N3O2. The molecule has 1 aromatic heterocycles. The van der Waals surface area contributed by atoms with Crippen LogP contribution in [0.1, 0.15) is 42.6 Å². The molecule has 18 heavy (non-hydrogen) atoms. The molecule has 1 saturated carbocycles. The first kappa shape index (κ1) is 12.8. The van der Waals surface area contributed by atoms with Gasteiger partial charge in [-0.3, -0.25) is 4.98 Å². The lowest BCUT2D eigenvalue weighted by molar-refractivity contribution is 0.0593. The Labute approximate surface area is 107 Å². The maximum absolute atomic E-state index is 11.3. The minimum absolute atomic E-state index is 0.239. The zero-order valence-corrected chi connectivity index (χ0v) is 10.7. The second-order valence-electron chi connectivity index (χ2n) is 4.65. The van der Waals surface area contributed by atoms with Gasteiger partial charge >= 0.3 is 5.97 Å². The first-order valence-corrected chi connectivity index (χ1v) is 6.44. The van der Waals surface area contributed by atoms with E-state index in [1.165, 1.54) is 39.0 Å². The van der Waals surface area contributed by atoms with Crippen LogP contribution in [0.25, 0.3) is 0 Å². The highest BCUT2D eigenvalue weighted by molar-refractivity contribution is 5.87. The van der Waals surface area contributed by atoms with Crippen molar-refractivity contribution in [2.45, 2.75) is 32.1 Å². The van der Waals surface area contributed by atoms with Crippen molar-refractivity contribution in [1.29, 1.82) is 0 Å². The number of nitrogens with zero attached hydrogens (tertiary/aromatic N) is 2. The van der Waals surface area contributed by atoms with Gasteiger partial charge in [0.05, 0.1) is 19.5 Å². The molecule has 0 saturated heterocycles. The molecule has 1 N–H and O–H groups in total. The van der Waals surface area contributed by atoms with Gasteiger partial charge in [0.2, 0.25) is 0 Å². The van der Waals surface area contributed by atoms with Gasteiger partial charge in [-0.1, -0.05) is 25.7 Å². The molecule has 5 nitrogen and oxygen atoms in total. The lowest BCUT2D eigenvalue weighted by atomic mass is 10.0. The highest BCUT2D eigenvalue weighted by Crippen LogP contribution is 2.27. The van der Waals surface area contributed by atoms with E-state index >= 15 is 0 Å². The van der Waals surface area contributed by atoms with Crippen LogP contribution in [0.2, 0.25) is 0 Å². The van der Waals surface area contributed by atoms with Crippen molar-refractivity contribution in [3.05, 3.63) is 18.1 Å². The average Bonchev–Trinajstić information content (AvgIpc) is 2.91. The highest BCUT2D eigenvalue weighted by Gasteiger charge is 2.14. The van der Waals surface area contributed by atoms with Gasteiger partial charge in [0.1, 0.15) is 5.82 Å². The summed E-state index contributed by atoms with van der Waals surface area (Å²) in [6.45, 7) is 0.879. The number of hydrogen-bond donors (Lipinski definition) is 1. The summed E-state index contributed by atoms with van der Waals surface area (Å²) < 4.78 is 4.61. The minimum Gasteiger partial charge on any atom is -0.464 e. The third-order valence-corrected chi connectivity index (χ3v) is 3.36. The first-order valence-electron chi connectivity index (χ1n) is 6.44. The first-order chi connectivity index (χ1) is 8.79. The van der Waals surface area contributed by atoms with Crippen molar-refractivity contribution in [3.63, 3.8) is 0 Å². The summed E-state index contributed by atoms with van der Waals surface area (Å²) in [5.74, 6) is 1.02. The smallest absolute Gasteiger partial charge is 0.358 e. The van der Waals surface area contributed by atoms with Crippen LogP contribution in [0.3, 0.4) is 0 Å². The number of rotatable bonds is 5. The molecule has 2 rings (SSSR count). The summed E-state index contributed by atoms with van der Waals surface area (Å²) in [7, 11) is 1.34. The Morgan fingerprint density at radius 3 is 2.94 bits per heavy atom. The van der Waals surface area contributed by atoms with Crippen molar-refractivity contribution in [2.24, 2.45) is 5.92 Å². The molecule has 5 heteroatoms. The van der Waals surface area contributed by atoms with Gasteiger partial charge in [-0.25, -0.2) is 9.78 Å². The number of ether oxygens (including phenoxy) is 1. The maximum atomic E-state index is 11.3. The topological polar surface area (TPSA) is 64.1 Å². The Hall–Kier alpha value is -1.65. The molecule has 0 aliphatic heterocycles. The van der Waals surface area contributed by atoms with Crippen molar-refractivity contribution < 1.29 is 9.53 Å². The molecule has 0 bridgehead atoms. The van der Waals surface area contributed by atoms with Gasteiger partial charge in [0, 0.05) is 6.54 Å². The number of carbonyl (C=O) groups excluding carboxylic acids is 1. The Bertz CT molecular complexity index is 403. The number of nitrogens with one attached hydrogen (secondary N) is 1. The molecule has 1 aliphatic rings. The van der Waals surface area contributed by atoms with Crippen molar-refractivity contribution in [1.82, 2.24) is 9.97 Å². The number of anilines is 1. The standard InChI is InChI=1S/C13H19N3O2/c1-18-13(17)11-8-14-9-12(16-11)15-7-6-10-4-2-3-5-10/h8-10H,2-7H2,1H3,(H,15,16). The van der Waals surface area contributed by atoms with Gasteiger partial charge in [-0.05, 0) is 12.3 Å². The van der Waals surface area contributed by atoms with E-state index in [0.29, 0.717) is 5.82 Å². The summed E-state index contributed by atoms with van der Waals surface area (Å²) in [5, 5.41) is 3.21. The molecule has 98 valence electrons. The fourth-order valence-electron chi connectivity index (χ4n) is 2.36. The number of esters is 1. The van der Waals surface area contributed by atoms with E-state index in [1.54, 1.807) is 6.20 Å². The highest BCUT2D eigenvalue weighted by atomic mass is 16.5. The van der Waals surface area contributed by atoms with Gasteiger partial charge in [-0.15, -0.1) is 0 Å². The number of aromatic nitrogens is 2. The molecule has 0 amide bonds. The molecule has 0 aromatic carbocycles. The Balaban J connectivity index is 1.83. The molecule has 0 unspecified atom stereocenters. The lowest BCUT2D eigenvalue weighted by Crippen LogP contribution is -2.11. The number of carbonyl (C=O) groups is 1.